The van der Waals surface area contributed by atoms with Gasteiger partial charge in [0.05, 0.1) is 16.0 Å². The molecular formula is C25H33N5O4S2. The van der Waals surface area contributed by atoms with Crippen molar-refractivity contribution in [3.63, 3.8) is 0 Å². The number of rotatable bonds is 8. The molecule has 2 heterocycles. The van der Waals surface area contributed by atoms with Gasteiger partial charge in [0.2, 0.25) is 10.0 Å². The Kier molecular flexibility index (Phi) is 6.59. The Morgan fingerprint density at radius 3 is 2.31 bits per heavy atom. The number of aryl methyl sites for hydroxylation is 1. The van der Waals surface area contributed by atoms with Crippen LogP contribution in [-0.2, 0) is 20.0 Å². The van der Waals surface area contributed by atoms with Gasteiger partial charge in [0, 0.05) is 25.3 Å². The maximum atomic E-state index is 13.3. The van der Waals surface area contributed by atoms with E-state index in [4.69, 9.17) is 0 Å². The minimum absolute atomic E-state index is 0.0228. The second-order valence-electron chi connectivity index (χ2n) is 10.2. The van der Waals surface area contributed by atoms with Crippen molar-refractivity contribution in [3.05, 3.63) is 48.4 Å². The third-order valence-corrected chi connectivity index (χ3v) is 11.0. The van der Waals surface area contributed by atoms with E-state index in [1.807, 2.05) is 20.9 Å². The Labute approximate surface area is 213 Å². The predicted octanol–water partition coefficient (Wildman–Crippen LogP) is 3.30. The van der Waals surface area contributed by atoms with Gasteiger partial charge in [-0.25, -0.2) is 35.5 Å². The van der Waals surface area contributed by atoms with Crippen LogP contribution in [0.5, 0.6) is 0 Å². The van der Waals surface area contributed by atoms with Crippen molar-refractivity contribution in [2.75, 3.05) is 17.7 Å². The lowest BCUT2D eigenvalue weighted by molar-refractivity contribution is 0.457. The number of nitrogens with one attached hydrogen (secondary N) is 1. The highest BCUT2D eigenvalue weighted by Gasteiger charge is 2.44. The van der Waals surface area contributed by atoms with Crippen molar-refractivity contribution in [2.24, 2.45) is 11.8 Å². The van der Waals surface area contributed by atoms with Crippen LogP contribution in [0.25, 0.3) is 11.0 Å². The van der Waals surface area contributed by atoms with Crippen LogP contribution in [0.3, 0.4) is 0 Å². The summed E-state index contributed by atoms with van der Waals surface area (Å²) in [6.07, 6.45) is 7.22. The third kappa shape index (κ3) is 4.64. The molecule has 2 saturated carbocycles. The fourth-order valence-electron chi connectivity index (χ4n) is 5.97. The van der Waals surface area contributed by atoms with Gasteiger partial charge in [-0.05, 0) is 69.1 Å². The van der Waals surface area contributed by atoms with E-state index in [9.17, 15) is 16.8 Å². The van der Waals surface area contributed by atoms with Crippen molar-refractivity contribution in [3.8, 4) is 0 Å². The van der Waals surface area contributed by atoms with Gasteiger partial charge in [-0.1, -0.05) is 24.6 Å². The Bertz CT molecular complexity index is 1450. The molecule has 9 nitrogen and oxygen atoms in total. The standard InChI is InChI=1S/C25H33N5O4S2/c1-4-11-35(31,32)28-20-12-18-14-21(15-19(18)13-20)29(3)24-23-9-10-30(25(23)27-16-26-24)36(33,34)22-7-5-17(2)6-8-22/h5-10,16,18-21,28H,4,11-15H2,1-3H3/t18-,19?,20+,21-/m1/s1. The van der Waals surface area contributed by atoms with E-state index in [1.165, 1.54) is 10.3 Å². The zero-order valence-corrected chi connectivity index (χ0v) is 22.5. The Morgan fingerprint density at radius 2 is 1.67 bits per heavy atom. The van der Waals surface area contributed by atoms with Gasteiger partial charge < -0.3 is 4.90 Å². The second-order valence-corrected chi connectivity index (χ2v) is 13.9. The molecule has 4 atom stereocenters. The molecule has 0 amide bonds. The monoisotopic (exact) mass is 531 g/mol. The van der Waals surface area contributed by atoms with Crippen molar-refractivity contribution in [1.29, 1.82) is 0 Å². The number of hydrogen-bond acceptors (Lipinski definition) is 7. The van der Waals surface area contributed by atoms with E-state index < -0.39 is 20.0 Å². The van der Waals surface area contributed by atoms with Gasteiger partial charge in [0.1, 0.15) is 12.1 Å². The Morgan fingerprint density at radius 1 is 1.00 bits per heavy atom. The number of hydrogen-bond donors (Lipinski definition) is 1. The van der Waals surface area contributed by atoms with Gasteiger partial charge in [-0.2, -0.15) is 0 Å². The van der Waals surface area contributed by atoms with Gasteiger partial charge in [-0.3, -0.25) is 0 Å². The van der Waals surface area contributed by atoms with Crippen LogP contribution < -0.4 is 9.62 Å². The lowest BCUT2D eigenvalue weighted by Crippen LogP contribution is -2.36. The molecule has 2 aliphatic rings. The first-order chi connectivity index (χ1) is 17.1. The maximum absolute atomic E-state index is 13.3. The fourth-order valence-corrected chi connectivity index (χ4v) is 8.62. The highest BCUT2D eigenvalue weighted by Crippen LogP contribution is 2.46. The molecule has 0 saturated heterocycles. The van der Waals surface area contributed by atoms with Crippen LogP contribution >= 0.6 is 0 Å². The molecule has 3 aromatic rings. The normalized spacial score (nSPS) is 24.3. The Hall–Kier alpha value is -2.50. The third-order valence-electron chi connectivity index (χ3n) is 7.70. The first-order valence-corrected chi connectivity index (χ1v) is 15.6. The summed E-state index contributed by atoms with van der Waals surface area (Å²) >= 11 is 0. The number of aromatic nitrogens is 3. The summed E-state index contributed by atoms with van der Waals surface area (Å²) < 4.78 is 55.1. The second kappa shape index (κ2) is 9.42. The van der Waals surface area contributed by atoms with Crippen molar-refractivity contribution in [1.82, 2.24) is 18.7 Å². The maximum Gasteiger partial charge on any atom is 0.269 e. The Balaban J connectivity index is 1.34. The molecule has 0 aliphatic heterocycles. The molecule has 1 aromatic carbocycles. The van der Waals surface area contributed by atoms with E-state index in [0.29, 0.717) is 35.1 Å². The molecule has 5 rings (SSSR count). The summed E-state index contributed by atoms with van der Waals surface area (Å²) in [6.45, 7) is 3.79. The molecule has 11 heteroatoms. The van der Waals surface area contributed by atoms with Crippen LogP contribution in [0.1, 0.15) is 44.6 Å². The summed E-state index contributed by atoms with van der Waals surface area (Å²) in [5.41, 5.74) is 1.35. The van der Waals surface area contributed by atoms with E-state index in [1.54, 1.807) is 36.5 Å². The average molecular weight is 532 g/mol. The van der Waals surface area contributed by atoms with Gasteiger partial charge in [0.15, 0.2) is 5.65 Å². The van der Waals surface area contributed by atoms with Crippen molar-refractivity contribution >= 4 is 36.9 Å². The molecular weight excluding hydrogens is 498 g/mol. The number of sulfonamides is 1. The number of anilines is 1. The molecule has 2 aliphatic carbocycles. The zero-order chi connectivity index (χ0) is 25.7. The van der Waals surface area contributed by atoms with Gasteiger partial charge >= 0.3 is 0 Å². The van der Waals surface area contributed by atoms with Crippen molar-refractivity contribution < 1.29 is 16.8 Å². The lowest BCUT2D eigenvalue weighted by Gasteiger charge is -2.27. The average Bonchev–Trinajstić information content (AvgIpc) is 3.51. The molecule has 2 aromatic heterocycles. The summed E-state index contributed by atoms with van der Waals surface area (Å²) in [7, 11) is -4.99. The number of nitrogens with zero attached hydrogens (tertiary/aromatic N) is 4. The van der Waals surface area contributed by atoms with Crippen LogP contribution in [0.4, 0.5) is 5.82 Å². The van der Waals surface area contributed by atoms with E-state index in [2.05, 4.69) is 19.6 Å². The van der Waals surface area contributed by atoms with Gasteiger partial charge in [-0.15, -0.1) is 0 Å². The van der Waals surface area contributed by atoms with E-state index in [0.717, 1.165) is 31.2 Å². The highest BCUT2D eigenvalue weighted by atomic mass is 32.2. The summed E-state index contributed by atoms with van der Waals surface area (Å²) in [5, 5.41) is 0.693. The molecule has 0 spiro atoms. The molecule has 0 radical (unpaired) electrons. The predicted molar refractivity (Wildman–Crippen MR) is 140 cm³/mol. The topological polar surface area (TPSA) is 114 Å². The largest absolute Gasteiger partial charge is 0.356 e. The van der Waals surface area contributed by atoms with Crippen LogP contribution in [0, 0.1) is 18.8 Å². The zero-order valence-electron chi connectivity index (χ0n) is 20.8. The van der Waals surface area contributed by atoms with Crippen LogP contribution in [-0.4, -0.2) is 55.7 Å². The molecule has 2 fully saturated rings. The molecule has 194 valence electrons. The SMILES string of the molecule is CCCS(=O)(=O)N[C@@H]1CC2C[C@H](N(C)c3ncnc4c3ccn4S(=O)(=O)c3ccc(C)cc3)C[C@H]2C1. The first kappa shape index (κ1) is 25.2. The van der Waals surface area contributed by atoms with Crippen molar-refractivity contribution in [2.45, 2.75) is 62.9 Å². The summed E-state index contributed by atoms with van der Waals surface area (Å²) in [5.74, 6) is 1.82. The molecule has 1 N–H and O–H groups in total. The lowest BCUT2D eigenvalue weighted by atomic mass is 10.0. The quantitative estimate of drug-likeness (QED) is 0.474. The number of benzene rings is 1. The summed E-state index contributed by atoms with van der Waals surface area (Å²) in [4.78, 5) is 11.2. The highest BCUT2D eigenvalue weighted by molar-refractivity contribution is 7.90. The fraction of sp³-hybridized carbons (Fsp3) is 0.520. The van der Waals surface area contributed by atoms with Crippen LogP contribution in [0.15, 0.2) is 47.8 Å². The van der Waals surface area contributed by atoms with Gasteiger partial charge in [0.25, 0.3) is 10.0 Å². The molecule has 36 heavy (non-hydrogen) atoms. The van der Waals surface area contributed by atoms with E-state index in [-0.39, 0.29) is 22.7 Å². The molecule has 0 bridgehead atoms. The molecule has 1 unspecified atom stereocenters. The first-order valence-electron chi connectivity index (χ1n) is 12.5. The summed E-state index contributed by atoms with van der Waals surface area (Å²) in [6, 6.07) is 8.82. The number of fused-ring (bicyclic) bond motifs is 2. The minimum atomic E-state index is -3.79. The van der Waals surface area contributed by atoms with Crippen LogP contribution in [0.2, 0.25) is 0 Å². The van der Waals surface area contributed by atoms with E-state index >= 15 is 0 Å². The minimum Gasteiger partial charge on any atom is -0.356 e. The smallest absolute Gasteiger partial charge is 0.269 e.